The molecule has 0 saturated heterocycles. The molecule has 0 bridgehead atoms. The zero-order chi connectivity index (χ0) is 19.1. The second kappa shape index (κ2) is 6.64. The number of hydrogen-bond donors (Lipinski definition) is 1. The van der Waals surface area contributed by atoms with Crippen LogP contribution in [0.1, 0.15) is 23.2 Å². The zero-order valence-electron chi connectivity index (χ0n) is 13.7. The highest BCUT2D eigenvalue weighted by Gasteiger charge is 2.35. The molecule has 2 aromatic rings. The van der Waals surface area contributed by atoms with Crippen LogP contribution in [0.3, 0.4) is 0 Å². The summed E-state index contributed by atoms with van der Waals surface area (Å²) in [5.41, 5.74) is 0.0721. The van der Waals surface area contributed by atoms with Gasteiger partial charge >= 0.3 is 0 Å². The van der Waals surface area contributed by atoms with E-state index in [1.807, 2.05) is 0 Å². The van der Waals surface area contributed by atoms with Gasteiger partial charge in [0.25, 0.3) is 5.91 Å². The molecule has 0 atom stereocenters. The van der Waals surface area contributed by atoms with Crippen LogP contribution >= 0.6 is 0 Å². The van der Waals surface area contributed by atoms with Crippen LogP contribution in [0.15, 0.2) is 36.4 Å². The fourth-order valence-electron chi connectivity index (χ4n) is 2.57. The Balaban J connectivity index is 1.79. The molecule has 2 aromatic carbocycles. The zero-order valence-corrected chi connectivity index (χ0v) is 14.5. The monoisotopic (exact) mass is 384 g/mol. The number of carbonyl (C=O) groups excluding carboxylic acids is 1. The van der Waals surface area contributed by atoms with Gasteiger partial charge in [-0.05, 0) is 49.2 Å². The molecule has 0 aromatic heterocycles. The Bertz CT molecular complexity index is 958. The first-order chi connectivity index (χ1) is 12.2. The van der Waals surface area contributed by atoms with Gasteiger partial charge < -0.3 is 5.32 Å². The molecule has 0 aliphatic heterocycles. The Morgan fingerprint density at radius 2 is 1.65 bits per heavy atom. The largest absolute Gasteiger partial charge is 0.322 e. The van der Waals surface area contributed by atoms with E-state index in [-0.39, 0.29) is 11.7 Å². The quantitative estimate of drug-likeness (QED) is 0.805. The van der Waals surface area contributed by atoms with Crippen molar-refractivity contribution in [1.82, 2.24) is 0 Å². The predicted molar refractivity (Wildman–Crippen MR) is 91.1 cm³/mol. The molecule has 1 N–H and O–H groups in total. The Labute approximate surface area is 148 Å². The van der Waals surface area contributed by atoms with E-state index in [9.17, 15) is 26.4 Å². The molecular weight excluding hydrogens is 369 g/mol. The van der Waals surface area contributed by atoms with E-state index in [0.717, 1.165) is 25.2 Å². The smallest absolute Gasteiger partial charge is 0.258 e. The van der Waals surface area contributed by atoms with Gasteiger partial charge in [-0.15, -0.1) is 0 Å². The van der Waals surface area contributed by atoms with Crippen LogP contribution in [-0.2, 0) is 10.0 Å². The first-order valence-electron chi connectivity index (χ1n) is 7.73. The third-order valence-electron chi connectivity index (χ3n) is 3.90. The highest BCUT2D eigenvalue weighted by molar-refractivity contribution is 7.92. The van der Waals surface area contributed by atoms with Crippen LogP contribution in [-0.4, -0.2) is 26.6 Å². The SMILES string of the molecule is CS(=O)(=O)N(c1ccc(NC(=O)c2ccc(F)c(F)c2F)cc1)C1CC1. The molecule has 0 spiro atoms. The summed E-state index contributed by atoms with van der Waals surface area (Å²) < 4.78 is 65.0. The second-order valence-electron chi connectivity index (χ2n) is 6.01. The fourth-order valence-corrected chi connectivity index (χ4v) is 3.83. The maximum absolute atomic E-state index is 13.7. The minimum atomic E-state index is -3.43. The van der Waals surface area contributed by atoms with E-state index in [1.54, 1.807) is 0 Å². The molecule has 0 unspecified atom stereocenters. The van der Waals surface area contributed by atoms with Crippen molar-refractivity contribution in [3.05, 3.63) is 59.4 Å². The number of amides is 1. The number of rotatable bonds is 5. The van der Waals surface area contributed by atoms with Gasteiger partial charge in [-0.25, -0.2) is 21.6 Å². The van der Waals surface area contributed by atoms with E-state index in [2.05, 4.69) is 5.32 Å². The van der Waals surface area contributed by atoms with Crippen molar-refractivity contribution in [2.24, 2.45) is 0 Å². The van der Waals surface area contributed by atoms with Crippen molar-refractivity contribution in [2.75, 3.05) is 15.9 Å². The molecule has 1 amide bonds. The van der Waals surface area contributed by atoms with Gasteiger partial charge in [0.1, 0.15) is 0 Å². The molecule has 0 radical (unpaired) electrons. The van der Waals surface area contributed by atoms with E-state index in [0.29, 0.717) is 11.8 Å². The number of halogens is 3. The first-order valence-corrected chi connectivity index (χ1v) is 9.57. The van der Waals surface area contributed by atoms with Crippen molar-refractivity contribution in [3.63, 3.8) is 0 Å². The first kappa shape index (κ1) is 18.2. The molecule has 1 aliphatic carbocycles. The van der Waals surface area contributed by atoms with Crippen molar-refractivity contribution >= 4 is 27.3 Å². The summed E-state index contributed by atoms with van der Waals surface area (Å²) in [5, 5.41) is 2.36. The van der Waals surface area contributed by atoms with Gasteiger partial charge in [0.2, 0.25) is 10.0 Å². The van der Waals surface area contributed by atoms with Crippen LogP contribution in [0.5, 0.6) is 0 Å². The molecule has 138 valence electrons. The van der Waals surface area contributed by atoms with E-state index < -0.39 is 38.9 Å². The molecule has 1 fully saturated rings. The highest BCUT2D eigenvalue weighted by Crippen LogP contribution is 2.34. The summed E-state index contributed by atoms with van der Waals surface area (Å²) in [6.07, 6.45) is 2.68. The third-order valence-corrected chi connectivity index (χ3v) is 5.12. The van der Waals surface area contributed by atoms with Gasteiger partial charge in [0, 0.05) is 11.7 Å². The van der Waals surface area contributed by atoms with Crippen LogP contribution in [0.25, 0.3) is 0 Å². The lowest BCUT2D eigenvalue weighted by molar-refractivity contribution is 0.102. The fraction of sp³-hybridized carbons (Fsp3) is 0.235. The Morgan fingerprint density at radius 1 is 1.04 bits per heavy atom. The molecule has 1 saturated carbocycles. The maximum Gasteiger partial charge on any atom is 0.258 e. The average Bonchev–Trinajstić information content (AvgIpc) is 3.38. The molecule has 0 heterocycles. The summed E-state index contributed by atoms with van der Waals surface area (Å²) in [6.45, 7) is 0. The standard InChI is InChI=1S/C17H15F3N2O3S/c1-26(24,25)22(12-6-7-12)11-4-2-10(3-5-11)21-17(23)13-8-9-14(18)16(20)15(13)19/h2-5,8-9,12H,6-7H2,1H3,(H,21,23). The molecule has 3 rings (SSSR count). The summed E-state index contributed by atoms with van der Waals surface area (Å²) >= 11 is 0. The summed E-state index contributed by atoms with van der Waals surface area (Å²) in [7, 11) is -3.43. The topological polar surface area (TPSA) is 66.5 Å². The van der Waals surface area contributed by atoms with Crippen molar-refractivity contribution < 1.29 is 26.4 Å². The van der Waals surface area contributed by atoms with Gasteiger partial charge in [-0.1, -0.05) is 0 Å². The third kappa shape index (κ3) is 3.67. The number of carbonyl (C=O) groups is 1. The Hall–Kier alpha value is -2.55. The van der Waals surface area contributed by atoms with Crippen molar-refractivity contribution in [1.29, 1.82) is 0 Å². The molecular formula is C17H15F3N2O3S. The number of benzene rings is 2. The van der Waals surface area contributed by atoms with Crippen molar-refractivity contribution in [3.8, 4) is 0 Å². The van der Waals surface area contributed by atoms with Gasteiger partial charge in [0.05, 0.1) is 17.5 Å². The number of anilines is 2. The number of nitrogens with zero attached hydrogens (tertiary/aromatic N) is 1. The number of hydrogen-bond acceptors (Lipinski definition) is 3. The van der Waals surface area contributed by atoms with Gasteiger partial charge in [-0.2, -0.15) is 0 Å². The molecule has 9 heteroatoms. The van der Waals surface area contributed by atoms with Crippen LogP contribution < -0.4 is 9.62 Å². The number of sulfonamides is 1. The van der Waals surface area contributed by atoms with E-state index in [4.69, 9.17) is 0 Å². The lowest BCUT2D eigenvalue weighted by Crippen LogP contribution is -2.31. The van der Waals surface area contributed by atoms with Gasteiger partial charge in [-0.3, -0.25) is 9.10 Å². The Kier molecular flexibility index (Phi) is 4.66. The minimum Gasteiger partial charge on any atom is -0.322 e. The average molecular weight is 384 g/mol. The van der Waals surface area contributed by atoms with E-state index in [1.165, 1.54) is 28.6 Å². The summed E-state index contributed by atoms with van der Waals surface area (Å²) in [6, 6.07) is 7.36. The van der Waals surface area contributed by atoms with Crippen LogP contribution in [0.4, 0.5) is 24.5 Å². The highest BCUT2D eigenvalue weighted by atomic mass is 32.2. The molecule has 1 aliphatic rings. The lowest BCUT2D eigenvalue weighted by Gasteiger charge is -2.22. The van der Waals surface area contributed by atoms with Crippen LogP contribution in [0, 0.1) is 17.5 Å². The normalized spacial score (nSPS) is 14.2. The van der Waals surface area contributed by atoms with Crippen molar-refractivity contribution in [2.45, 2.75) is 18.9 Å². The number of nitrogens with one attached hydrogen (secondary N) is 1. The van der Waals surface area contributed by atoms with Crippen LogP contribution in [0.2, 0.25) is 0 Å². The molecule has 26 heavy (non-hydrogen) atoms. The van der Waals surface area contributed by atoms with Gasteiger partial charge in [0.15, 0.2) is 17.5 Å². The maximum atomic E-state index is 13.7. The van der Waals surface area contributed by atoms with E-state index >= 15 is 0 Å². The molecule has 5 nitrogen and oxygen atoms in total. The minimum absolute atomic E-state index is 0.0678. The summed E-state index contributed by atoms with van der Waals surface area (Å²) in [5.74, 6) is -5.63. The summed E-state index contributed by atoms with van der Waals surface area (Å²) in [4.78, 5) is 12.0. The lowest BCUT2D eigenvalue weighted by atomic mass is 10.1. The predicted octanol–water partition coefficient (Wildman–Crippen LogP) is 3.28. The Morgan fingerprint density at radius 3 is 2.19 bits per heavy atom. The second-order valence-corrected chi connectivity index (χ2v) is 7.87.